The van der Waals surface area contributed by atoms with Gasteiger partial charge in [0.2, 0.25) is 0 Å². The van der Waals surface area contributed by atoms with Gasteiger partial charge in [-0.25, -0.2) is 8.78 Å². The summed E-state index contributed by atoms with van der Waals surface area (Å²) in [4.78, 5) is 1.05. The van der Waals surface area contributed by atoms with E-state index >= 15 is 0 Å². The highest BCUT2D eigenvalue weighted by Crippen LogP contribution is 2.29. The molecule has 108 valence electrons. The molecule has 5 heteroatoms. The van der Waals surface area contributed by atoms with Gasteiger partial charge in [-0.15, -0.1) is 11.3 Å². The van der Waals surface area contributed by atoms with E-state index in [9.17, 15) is 8.78 Å². The highest BCUT2D eigenvalue weighted by Gasteiger charge is 2.16. The maximum Gasteiger partial charge on any atom is 0.129 e. The van der Waals surface area contributed by atoms with Crippen LogP contribution in [-0.4, -0.2) is 13.7 Å². The summed E-state index contributed by atoms with van der Waals surface area (Å²) in [5.41, 5.74) is 0.378. The third kappa shape index (κ3) is 3.55. The number of rotatable bonds is 6. The van der Waals surface area contributed by atoms with Crippen LogP contribution in [0.5, 0.6) is 5.75 Å². The van der Waals surface area contributed by atoms with E-state index in [1.807, 2.05) is 18.4 Å². The van der Waals surface area contributed by atoms with Crippen LogP contribution < -0.4 is 10.1 Å². The van der Waals surface area contributed by atoms with E-state index in [-0.39, 0.29) is 11.9 Å². The Bertz CT molecular complexity index is 571. The van der Waals surface area contributed by atoms with Crippen LogP contribution in [-0.2, 0) is 6.42 Å². The summed E-state index contributed by atoms with van der Waals surface area (Å²) >= 11 is 1.55. The Morgan fingerprint density at radius 3 is 2.75 bits per heavy atom. The second-order valence-electron chi connectivity index (χ2n) is 4.44. The molecule has 0 amide bonds. The predicted molar refractivity (Wildman–Crippen MR) is 77.4 cm³/mol. The van der Waals surface area contributed by atoms with Gasteiger partial charge in [-0.3, -0.25) is 0 Å². The number of hydrogen-bond donors (Lipinski definition) is 1. The standard InChI is InChI=1S/C15H17F2NOS/c1-3-18-14(15-8-12(19-2)9-20-15)7-10-6-11(16)4-5-13(10)17/h4-6,8-9,14,18H,3,7H2,1-2H3. The lowest BCUT2D eigenvalue weighted by atomic mass is 10.0. The molecule has 0 radical (unpaired) electrons. The third-order valence-corrected chi connectivity index (χ3v) is 4.08. The van der Waals surface area contributed by atoms with Crippen LogP contribution >= 0.6 is 11.3 Å². The van der Waals surface area contributed by atoms with Crippen molar-refractivity contribution in [2.75, 3.05) is 13.7 Å². The number of hydrogen-bond acceptors (Lipinski definition) is 3. The first-order chi connectivity index (χ1) is 9.63. The predicted octanol–water partition coefficient (Wildman–Crippen LogP) is 3.93. The molecule has 0 aliphatic rings. The van der Waals surface area contributed by atoms with Gasteiger partial charge in [0.1, 0.15) is 17.4 Å². The molecule has 2 rings (SSSR count). The van der Waals surface area contributed by atoms with Gasteiger partial charge in [0.05, 0.1) is 7.11 Å². The summed E-state index contributed by atoms with van der Waals surface area (Å²) in [6.07, 6.45) is 0.404. The molecule has 0 aliphatic heterocycles. The van der Waals surface area contributed by atoms with Crippen molar-refractivity contribution in [1.82, 2.24) is 5.32 Å². The Balaban J connectivity index is 2.22. The third-order valence-electron chi connectivity index (χ3n) is 3.06. The van der Waals surface area contributed by atoms with Gasteiger partial charge in [0.25, 0.3) is 0 Å². The number of ether oxygens (including phenoxy) is 1. The van der Waals surface area contributed by atoms with Crippen LogP contribution in [0.3, 0.4) is 0 Å². The lowest BCUT2D eigenvalue weighted by Crippen LogP contribution is -2.22. The first-order valence-electron chi connectivity index (χ1n) is 6.43. The van der Waals surface area contributed by atoms with E-state index in [0.29, 0.717) is 12.0 Å². The molecule has 1 aromatic carbocycles. The van der Waals surface area contributed by atoms with Gasteiger partial charge in [0.15, 0.2) is 0 Å². The van der Waals surface area contributed by atoms with Crippen molar-refractivity contribution in [3.05, 3.63) is 51.7 Å². The lowest BCUT2D eigenvalue weighted by Gasteiger charge is -2.17. The van der Waals surface area contributed by atoms with Gasteiger partial charge in [-0.1, -0.05) is 6.92 Å². The molecule has 1 heterocycles. The van der Waals surface area contributed by atoms with E-state index in [1.54, 1.807) is 18.4 Å². The van der Waals surface area contributed by atoms with Crippen LogP contribution in [0.25, 0.3) is 0 Å². The minimum absolute atomic E-state index is 0.0507. The van der Waals surface area contributed by atoms with Crippen molar-refractivity contribution in [1.29, 1.82) is 0 Å². The fourth-order valence-electron chi connectivity index (χ4n) is 2.06. The van der Waals surface area contributed by atoms with Crippen LogP contribution in [0, 0.1) is 11.6 Å². The van der Waals surface area contributed by atoms with E-state index in [1.165, 1.54) is 12.1 Å². The molecule has 1 unspecified atom stereocenters. The van der Waals surface area contributed by atoms with Crippen molar-refractivity contribution in [2.24, 2.45) is 0 Å². The molecule has 2 aromatic rings. The molecular formula is C15H17F2NOS. The minimum atomic E-state index is -0.416. The Labute approximate surface area is 121 Å². The average molecular weight is 297 g/mol. The van der Waals surface area contributed by atoms with Crippen LogP contribution in [0.4, 0.5) is 8.78 Å². The van der Waals surface area contributed by atoms with Gasteiger partial charge in [-0.2, -0.15) is 0 Å². The Kier molecular flexibility index (Phi) is 5.09. The molecule has 0 saturated heterocycles. The topological polar surface area (TPSA) is 21.3 Å². The summed E-state index contributed by atoms with van der Waals surface area (Å²) in [5.74, 6) is -0.00847. The summed E-state index contributed by atoms with van der Waals surface area (Å²) < 4.78 is 32.1. The Morgan fingerprint density at radius 2 is 2.10 bits per heavy atom. The zero-order valence-corrected chi connectivity index (χ0v) is 12.3. The van der Waals surface area contributed by atoms with Crippen molar-refractivity contribution in [3.63, 3.8) is 0 Å². The summed E-state index contributed by atoms with van der Waals surface area (Å²) in [6, 6.07) is 5.43. The first kappa shape index (κ1) is 14.9. The van der Waals surface area contributed by atoms with Gasteiger partial charge in [-0.05, 0) is 42.8 Å². The van der Waals surface area contributed by atoms with E-state index in [4.69, 9.17) is 4.74 Å². The second-order valence-corrected chi connectivity index (χ2v) is 5.38. The van der Waals surface area contributed by atoms with Crippen molar-refractivity contribution in [3.8, 4) is 5.75 Å². The molecule has 0 spiro atoms. The zero-order valence-electron chi connectivity index (χ0n) is 11.5. The highest BCUT2D eigenvalue weighted by atomic mass is 32.1. The number of nitrogens with one attached hydrogen (secondary N) is 1. The molecule has 1 atom stereocenters. The number of methoxy groups -OCH3 is 1. The average Bonchev–Trinajstić information content (AvgIpc) is 2.91. The van der Waals surface area contributed by atoms with Crippen molar-refractivity contribution in [2.45, 2.75) is 19.4 Å². The maximum atomic E-state index is 13.7. The SMILES string of the molecule is CCNC(Cc1cc(F)ccc1F)c1cc(OC)cs1. The fourth-order valence-corrected chi connectivity index (χ4v) is 3.00. The molecule has 0 fully saturated rings. The maximum absolute atomic E-state index is 13.7. The van der Waals surface area contributed by atoms with Crippen LogP contribution in [0.15, 0.2) is 29.6 Å². The van der Waals surface area contributed by atoms with Crippen LogP contribution in [0.2, 0.25) is 0 Å². The summed E-state index contributed by atoms with van der Waals surface area (Å²) in [5, 5.41) is 5.20. The smallest absolute Gasteiger partial charge is 0.129 e. The molecule has 20 heavy (non-hydrogen) atoms. The van der Waals surface area contributed by atoms with Gasteiger partial charge in [0, 0.05) is 16.3 Å². The molecule has 1 aromatic heterocycles. The monoisotopic (exact) mass is 297 g/mol. The normalized spacial score (nSPS) is 12.4. The summed E-state index contributed by atoms with van der Waals surface area (Å²) in [6.45, 7) is 2.74. The quantitative estimate of drug-likeness (QED) is 0.872. The second kappa shape index (κ2) is 6.81. The number of halogens is 2. The molecule has 2 nitrogen and oxygen atoms in total. The number of likely N-dealkylation sites (N-methyl/N-ethyl adjacent to an activating group) is 1. The van der Waals surface area contributed by atoms with E-state index < -0.39 is 5.82 Å². The molecule has 0 saturated carbocycles. The highest BCUT2D eigenvalue weighted by molar-refractivity contribution is 7.10. The summed E-state index contributed by atoms with van der Waals surface area (Å²) in [7, 11) is 1.61. The van der Waals surface area contributed by atoms with Gasteiger partial charge < -0.3 is 10.1 Å². The Hall–Kier alpha value is -1.46. The Morgan fingerprint density at radius 1 is 1.30 bits per heavy atom. The van der Waals surface area contributed by atoms with Crippen LogP contribution in [0.1, 0.15) is 23.4 Å². The first-order valence-corrected chi connectivity index (χ1v) is 7.31. The number of thiophene rings is 1. The minimum Gasteiger partial charge on any atom is -0.496 e. The van der Waals surface area contributed by atoms with Crippen molar-refractivity contribution >= 4 is 11.3 Å². The number of benzene rings is 1. The molecule has 0 aliphatic carbocycles. The largest absolute Gasteiger partial charge is 0.496 e. The van der Waals surface area contributed by atoms with E-state index in [0.717, 1.165) is 23.2 Å². The fraction of sp³-hybridized carbons (Fsp3) is 0.333. The van der Waals surface area contributed by atoms with Crippen molar-refractivity contribution < 1.29 is 13.5 Å². The van der Waals surface area contributed by atoms with Gasteiger partial charge >= 0.3 is 0 Å². The zero-order chi connectivity index (χ0) is 14.5. The lowest BCUT2D eigenvalue weighted by molar-refractivity contribution is 0.415. The molecule has 1 N–H and O–H groups in total. The molecule has 0 bridgehead atoms. The molecular weight excluding hydrogens is 280 g/mol. The van der Waals surface area contributed by atoms with E-state index in [2.05, 4.69) is 5.32 Å².